The maximum absolute atomic E-state index is 11.9. The smallest absolute Gasteiger partial charge is 0.214 e. The van der Waals surface area contributed by atoms with Crippen molar-refractivity contribution in [2.45, 2.75) is 32.7 Å². The van der Waals surface area contributed by atoms with E-state index in [0.29, 0.717) is 0 Å². The topological polar surface area (TPSA) is 49.4 Å². The summed E-state index contributed by atoms with van der Waals surface area (Å²) in [6.45, 7) is 5.66. The van der Waals surface area contributed by atoms with Gasteiger partial charge in [-0.2, -0.15) is 0 Å². The summed E-state index contributed by atoms with van der Waals surface area (Å²) in [5.74, 6) is 0.439. The Morgan fingerprint density at radius 1 is 1.47 bits per heavy atom. The molecule has 1 fully saturated rings. The van der Waals surface area contributed by atoms with Gasteiger partial charge in [0, 0.05) is 19.6 Å². The van der Waals surface area contributed by atoms with Gasteiger partial charge in [-0.05, 0) is 25.3 Å². The Kier molecular flexibility index (Phi) is 4.55. The Morgan fingerprint density at radius 2 is 2.13 bits per heavy atom. The molecule has 0 saturated carbocycles. The van der Waals surface area contributed by atoms with Crippen molar-refractivity contribution < 1.29 is 8.42 Å². The summed E-state index contributed by atoms with van der Waals surface area (Å²) in [4.78, 5) is 0. The van der Waals surface area contributed by atoms with Crippen LogP contribution >= 0.6 is 0 Å². The van der Waals surface area contributed by atoms with Crippen molar-refractivity contribution in [1.29, 1.82) is 0 Å². The van der Waals surface area contributed by atoms with Gasteiger partial charge in [0.05, 0.1) is 5.75 Å². The van der Waals surface area contributed by atoms with Gasteiger partial charge in [0.2, 0.25) is 10.0 Å². The van der Waals surface area contributed by atoms with Gasteiger partial charge in [-0.3, -0.25) is 0 Å². The fourth-order valence-corrected chi connectivity index (χ4v) is 3.62. The Bertz CT molecular complexity index is 282. The zero-order valence-electron chi connectivity index (χ0n) is 9.86. The molecule has 0 aliphatic carbocycles. The number of nitrogens with zero attached hydrogens (tertiary/aromatic N) is 1. The van der Waals surface area contributed by atoms with Gasteiger partial charge in [0.1, 0.15) is 0 Å². The molecule has 1 unspecified atom stereocenters. The third-order valence-electron chi connectivity index (χ3n) is 2.77. The van der Waals surface area contributed by atoms with Gasteiger partial charge in [0.15, 0.2) is 0 Å². The highest BCUT2D eigenvalue weighted by molar-refractivity contribution is 7.89. The van der Waals surface area contributed by atoms with E-state index in [4.69, 9.17) is 0 Å². The standard InChI is InChI=1S/C10H22N2O2S/c1-9(2)8-15(13,14)12(3)10-5-4-6-11-7-10/h9-11H,4-8H2,1-3H3. The third kappa shape index (κ3) is 3.74. The van der Waals surface area contributed by atoms with Gasteiger partial charge in [-0.1, -0.05) is 13.8 Å². The summed E-state index contributed by atoms with van der Waals surface area (Å²) in [6.07, 6.45) is 2.03. The van der Waals surface area contributed by atoms with Gasteiger partial charge < -0.3 is 5.32 Å². The van der Waals surface area contributed by atoms with Crippen LogP contribution in [0.15, 0.2) is 0 Å². The van der Waals surface area contributed by atoms with Crippen LogP contribution in [-0.4, -0.2) is 44.7 Å². The van der Waals surface area contributed by atoms with E-state index in [1.165, 1.54) is 0 Å². The van der Waals surface area contributed by atoms with E-state index in [1.54, 1.807) is 11.4 Å². The molecule has 1 aliphatic rings. The molecule has 90 valence electrons. The van der Waals surface area contributed by atoms with E-state index in [2.05, 4.69) is 5.32 Å². The first-order chi connectivity index (χ1) is 6.93. The predicted octanol–water partition coefficient (Wildman–Crippen LogP) is 0.656. The molecule has 0 radical (unpaired) electrons. The molecule has 1 heterocycles. The van der Waals surface area contributed by atoms with Crippen molar-refractivity contribution in [3.05, 3.63) is 0 Å². The van der Waals surface area contributed by atoms with Crippen LogP contribution in [0.25, 0.3) is 0 Å². The molecule has 15 heavy (non-hydrogen) atoms. The monoisotopic (exact) mass is 234 g/mol. The molecule has 1 saturated heterocycles. The number of likely N-dealkylation sites (N-methyl/N-ethyl adjacent to an activating group) is 1. The molecular weight excluding hydrogens is 212 g/mol. The molecular formula is C10H22N2O2S. The van der Waals surface area contributed by atoms with Crippen molar-refractivity contribution in [3.63, 3.8) is 0 Å². The Balaban J connectivity index is 2.61. The highest BCUT2D eigenvalue weighted by Gasteiger charge is 2.27. The Morgan fingerprint density at radius 3 is 2.60 bits per heavy atom. The summed E-state index contributed by atoms with van der Waals surface area (Å²) < 4.78 is 25.4. The fourth-order valence-electron chi connectivity index (χ4n) is 1.91. The molecule has 0 aromatic carbocycles. The molecule has 0 bridgehead atoms. The lowest BCUT2D eigenvalue weighted by atomic mass is 10.1. The first-order valence-electron chi connectivity index (χ1n) is 5.60. The van der Waals surface area contributed by atoms with Gasteiger partial charge in [-0.15, -0.1) is 0 Å². The number of sulfonamides is 1. The van der Waals surface area contributed by atoms with E-state index in [0.717, 1.165) is 25.9 Å². The summed E-state index contributed by atoms with van der Waals surface area (Å²) in [5.41, 5.74) is 0. The summed E-state index contributed by atoms with van der Waals surface area (Å²) in [7, 11) is -1.36. The average molecular weight is 234 g/mol. The highest BCUT2D eigenvalue weighted by atomic mass is 32.2. The van der Waals surface area contributed by atoms with Crippen LogP contribution in [-0.2, 0) is 10.0 Å². The second kappa shape index (κ2) is 5.27. The number of piperidine rings is 1. The van der Waals surface area contributed by atoms with E-state index >= 15 is 0 Å². The van der Waals surface area contributed by atoms with Gasteiger partial charge in [-0.25, -0.2) is 12.7 Å². The molecule has 1 atom stereocenters. The first-order valence-corrected chi connectivity index (χ1v) is 7.21. The van der Waals surface area contributed by atoms with Crippen LogP contribution in [0.4, 0.5) is 0 Å². The normalized spacial score (nSPS) is 23.7. The van der Waals surface area contributed by atoms with E-state index < -0.39 is 10.0 Å². The summed E-state index contributed by atoms with van der Waals surface area (Å²) >= 11 is 0. The lowest BCUT2D eigenvalue weighted by Crippen LogP contribution is -2.47. The van der Waals surface area contributed by atoms with Gasteiger partial charge in [0.25, 0.3) is 0 Å². The zero-order chi connectivity index (χ0) is 11.5. The van der Waals surface area contributed by atoms with Crippen LogP contribution < -0.4 is 5.32 Å². The molecule has 1 N–H and O–H groups in total. The second-order valence-corrected chi connectivity index (χ2v) is 6.76. The number of hydrogen-bond acceptors (Lipinski definition) is 3. The summed E-state index contributed by atoms with van der Waals surface area (Å²) in [6, 6.07) is 0.141. The second-order valence-electron chi connectivity index (χ2n) is 4.69. The van der Waals surface area contributed by atoms with Crippen molar-refractivity contribution in [1.82, 2.24) is 9.62 Å². The van der Waals surface area contributed by atoms with E-state index in [1.807, 2.05) is 13.8 Å². The number of nitrogens with one attached hydrogen (secondary N) is 1. The lowest BCUT2D eigenvalue weighted by molar-refractivity contribution is 0.299. The maximum Gasteiger partial charge on any atom is 0.214 e. The average Bonchev–Trinajstić information content (AvgIpc) is 2.16. The lowest BCUT2D eigenvalue weighted by Gasteiger charge is -2.31. The minimum absolute atomic E-state index is 0.141. The molecule has 0 spiro atoms. The van der Waals surface area contributed by atoms with Crippen molar-refractivity contribution in [3.8, 4) is 0 Å². The van der Waals surface area contributed by atoms with E-state index in [-0.39, 0.29) is 17.7 Å². The van der Waals surface area contributed by atoms with Crippen LogP contribution in [0.5, 0.6) is 0 Å². The Labute approximate surface area is 93.1 Å². The van der Waals surface area contributed by atoms with Crippen LogP contribution in [0, 0.1) is 5.92 Å². The predicted molar refractivity (Wildman–Crippen MR) is 62.3 cm³/mol. The molecule has 0 amide bonds. The minimum Gasteiger partial charge on any atom is -0.315 e. The molecule has 0 aromatic heterocycles. The van der Waals surface area contributed by atoms with Crippen molar-refractivity contribution in [2.24, 2.45) is 5.92 Å². The highest BCUT2D eigenvalue weighted by Crippen LogP contribution is 2.14. The van der Waals surface area contributed by atoms with Crippen molar-refractivity contribution in [2.75, 3.05) is 25.9 Å². The van der Waals surface area contributed by atoms with Gasteiger partial charge >= 0.3 is 0 Å². The third-order valence-corrected chi connectivity index (χ3v) is 5.03. The minimum atomic E-state index is -3.07. The van der Waals surface area contributed by atoms with E-state index in [9.17, 15) is 8.42 Å². The maximum atomic E-state index is 11.9. The van der Waals surface area contributed by atoms with Crippen LogP contribution in [0.1, 0.15) is 26.7 Å². The van der Waals surface area contributed by atoms with Crippen molar-refractivity contribution >= 4 is 10.0 Å². The molecule has 1 rings (SSSR count). The fraction of sp³-hybridized carbons (Fsp3) is 1.00. The molecule has 5 heteroatoms. The quantitative estimate of drug-likeness (QED) is 0.777. The van der Waals surface area contributed by atoms with Crippen LogP contribution in [0.2, 0.25) is 0 Å². The SMILES string of the molecule is CC(C)CS(=O)(=O)N(C)C1CCCNC1. The summed E-state index contributed by atoms with van der Waals surface area (Å²) in [5, 5.41) is 3.24. The zero-order valence-corrected chi connectivity index (χ0v) is 10.7. The number of hydrogen-bond donors (Lipinski definition) is 1. The molecule has 0 aromatic rings. The Hall–Kier alpha value is -0.130. The first kappa shape index (κ1) is 12.9. The number of rotatable bonds is 4. The molecule has 4 nitrogen and oxygen atoms in total. The molecule has 1 aliphatic heterocycles. The largest absolute Gasteiger partial charge is 0.315 e. The van der Waals surface area contributed by atoms with Crippen LogP contribution in [0.3, 0.4) is 0 Å².